The Labute approximate surface area is 202 Å². The lowest BCUT2D eigenvalue weighted by molar-refractivity contribution is 0.282. The van der Waals surface area contributed by atoms with E-state index in [0.29, 0.717) is 6.54 Å². The topological polar surface area (TPSA) is 105 Å². The van der Waals surface area contributed by atoms with E-state index in [-0.39, 0.29) is 33.8 Å². The number of piperazine rings is 1. The van der Waals surface area contributed by atoms with Gasteiger partial charge in [0.2, 0.25) is 5.88 Å². The van der Waals surface area contributed by atoms with Gasteiger partial charge in [-0.05, 0) is 26.0 Å². The van der Waals surface area contributed by atoms with E-state index in [4.69, 9.17) is 10.5 Å². The molecule has 1 aromatic carbocycles. The SMILES string of the molecule is C=C/C=C(\C(N)c1ncnc(Oc2cc(F)c3c(cc(C)n3CC)c2F)c1C#N)N1CCNCC1. The largest absolute Gasteiger partial charge is 0.434 e. The molecule has 3 heterocycles. The zero-order chi connectivity index (χ0) is 25.1. The Morgan fingerprint density at radius 2 is 2.09 bits per heavy atom. The Morgan fingerprint density at radius 1 is 1.34 bits per heavy atom. The minimum Gasteiger partial charge on any atom is -0.434 e. The molecular weight excluding hydrogens is 452 g/mol. The third-order valence-electron chi connectivity index (χ3n) is 6.10. The van der Waals surface area contributed by atoms with Gasteiger partial charge < -0.3 is 25.3 Å². The summed E-state index contributed by atoms with van der Waals surface area (Å²) in [6.07, 6.45) is 4.60. The standard InChI is InChI=1S/C25H27F2N7O/c1-4-6-19(33-9-7-30-8-10-33)22(29)23-17(13-28)25(32-14-31-23)35-20-12-18(26)24-16(21(20)27)11-15(3)34(24)5-2/h4,6,11-12,14,22,30H,1,5,7-10,29H2,2-3H3/b19-6+. The van der Waals surface area contributed by atoms with Crippen LogP contribution in [0.3, 0.4) is 0 Å². The van der Waals surface area contributed by atoms with Crippen molar-refractivity contribution in [3.05, 3.63) is 71.5 Å². The summed E-state index contributed by atoms with van der Waals surface area (Å²) in [5.74, 6) is -1.94. The maximum Gasteiger partial charge on any atom is 0.240 e. The molecule has 1 aliphatic heterocycles. The third-order valence-corrected chi connectivity index (χ3v) is 6.10. The van der Waals surface area contributed by atoms with Crippen molar-refractivity contribution >= 4 is 10.9 Å². The van der Waals surface area contributed by atoms with Gasteiger partial charge in [-0.3, -0.25) is 0 Å². The van der Waals surface area contributed by atoms with Crippen LogP contribution in [0.5, 0.6) is 11.6 Å². The van der Waals surface area contributed by atoms with Gasteiger partial charge in [0.15, 0.2) is 17.4 Å². The molecule has 0 bridgehead atoms. The molecule has 1 saturated heterocycles. The van der Waals surface area contributed by atoms with E-state index in [1.54, 1.807) is 29.7 Å². The molecule has 0 radical (unpaired) electrons. The molecule has 3 aromatic rings. The van der Waals surface area contributed by atoms with E-state index in [0.717, 1.165) is 43.6 Å². The second-order valence-electron chi connectivity index (χ2n) is 8.16. The van der Waals surface area contributed by atoms with Gasteiger partial charge in [0.05, 0.1) is 17.3 Å². The zero-order valence-corrected chi connectivity index (χ0v) is 19.7. The highest BCUT2D eigenvalue weighted by Gasteiger charge is 2.27. The van der Waals surface area contributed by atoms with Crippen LogP contribution in [0.25, 0.3) is 10.9 Å². The second-order valence-corrected chi connectivity index (χ2v) is 8.16. The number of hydrogen-bond donors (Lipinski definition) is 2. The lowest BCUT2D eigenvalue weighted by Gasteiger charge is -2.34. The Morgan fingerprint density at radius 3 is 2.74 bits per heavy atom. The summed E-state index contributed by atoms with van der Waals surface area (Å²) in [4.78, 5) is 10.4. The number of nitrogens with two attached hydrogens (primary N) is 1. The lowest BCUT2D eigenvalue weighted by atomic mass is 10.0. The van der Waals surface area contributed by atoms with Crippen LogP contribution in [0, 0.1) is 29.9 Å². The molecule has 182 valence electrons. The molecular formula is C25H27F2N7O. The molecule has 0 saturated carbocycles. The summed E-state index contributed by atoms with van der Waals surface area (Å²) in [6.45, 7) is 10.9. The summed E-state index contributed by atoms with van der Waals surface area (Å²) in [7, 11) is 0. The van der Waals surface area contributed by atoms with Gasteiger partial charge in [-0.15, -0.1) is 0 Å². The highest BCUT2D eigenvalue weighted by molar-refractivity contribution is 5.84. The zero-order valence-electron chi connectivity index (χ0n) is 19.7. The predicted octanol–water partition coefficient (Wildman–Crippen LogP) is 3.68. The number of fused-ring (bicyclic) bond motifs is 1. The fourth-order valence-electron chi connectivity index (χ4n) is 4.46. The van der Waals surface area contributed by atoms with Gasteiger partial charge in [0.25, 0.3) is 0 Å². The first-order chi connectivity index (χ1) is 16.9. The summed E-state index contributed by atoms with van der Waals surface area (Å²) in [6, 6.07) is 3.78. The second kappa shape index (κ2) is 10.2. The van der Waals surface area contributed by atoms with Crippen LogP contribution < -0.4 is 15.8 Å². The molecule has 1 atom stereocenters. The molecule has 35 heavy (non-hydrogen) atoms. The minimum absolute atomic E-state index is 0.0488. The Balaban J connectivity index is 1.75. The average Bonchev–Trinajstić information content (AvgIpc) is 3.22. The maximum absolute atomic E-state index is 15.3. The number of nitriles is 1. The number of halogens is 2. The number of nitrogens with one attached hydrogen (secondary N) is 1. The van der Waals surface area contributed by atoms with Crippen LogP contribution in [0.15, 0.2) is 42.9 Å². The minimum atomic E-state index is -0.781. The molecule has 1 unspecified atom stereocenters. The lowest BCUT2D eigenvalue weighted by Crippen LogP contribution is -2.44. The molecule has 0 spiro atoms. The van der Waals surface area contributed by atoms with E-state index < -0.39 is 17.7 Å². The first-order valence-corrected chi connectivity index (χ1v) is 11.4. The molecule has 10 heteroatoms. The van der Waals surface area contributed by atoms with Gasteiger partial charge in [-0.1, -0.05) is 12.7 Å². The molecule has 4 rings (SSSR count). The van der Waals surface area contributed by atoms with Crippen LogP contribution in [-0.2, 0) is 6.54 Å². The quantitative estimate of drug-likeness (QED) is 0.498. The Bertz CT molecular complexity index is 1340. The molecule has 1 aliphatic rings. The first-order valence-electron chi connectivity index (χ1n) is 11.4. The highest BCUT2D eigenvalue weighted by Crippen LogP contribution is 2.35. The number of ether oxygens (including phenoxy) is 1. The van der Waals surface area contributed by atoms with Gasteiger partial charge in [0.1, 0.15) is 18.0 Å². The van der Waals surface area contributed by atoms with Crippen LogP contribution in [0.4, 0.5) is 8.78 Å². The number of aromatic nitrogens is 3. The smallest absolute Gasteiger partial charge is 0.240 e. The highest BCUT2D eigenvalue weighted by atomic mass is 19.1. The van der Waals surface area contributed by atoms with Crippen LogP contribution in [0.2, 0.25) is 0 Å². The van der Waals surface area contributed by atoms with Crippen molar-refractivity contribution in [3.63, 3.8) is 0 Å². The number of benzene rings is 1. The fourth-order valence-corrected chi connectivity index (χ4v) is 4.46. The number of hydrogen-bond acceptors (Lipinski definition) is 7. The average molecular weight is 480 g/mol. The van der Waals surface area contributed by atoms with Gasteiger partial charge in [-0.2, -0.15) is 5.26 Å². The van der Waals surface area contributed by atoms with Crippen molar-refractivity contribution in [2.75, 3.05) is 26.2 Å². The molecule has 1 fully saturated rings. The Kier molecular flexibility index (Phi) is 7.10. The molecule has 8 nitrogen and oxygen atoms in total. The van der Waals surface area contributed by atoms with Crippen molar-refractivity contribution in [2.24, 2.45) is 5.73 Å². The third kappa shape index (κ3) is 4.48. The van der Waals surface area contributed by atoms with Crippen LogP contribution in [0.1, 0.15) is 29.9 Å². The normalized spacial score (nSPS) is 15.2. The van der Waals surface area contributed by atoms with Crippen molar-refractivity contribution in [1.82, 2.24) is 24.8 Å². The monoisotopic (exact) mass is 479 g/mol. The summed E-state index contributed by atoms with van der Waals surface area (Å²) >= 11 is 0. The van der Waals surface area contributed by atoms with E-state index in [2.05, 4.69) is 26.8 Å². The maximum atomic E-state index is 15.3. The summed E-state index contributed by atoms with van der Waals surface area (Å²) in [5, 5.41) is 13.3. The number of allylic oxidation sites excluding steroid dienone is 2. The summed E-state index contributed by atoms with van der Waals surface area (Å²) < 4.78 is 37.7. The molecule has 0 aliphatic carbocycles. The van der Waals surface area contributed by atoms with Gasteiger partial charge >= 0.3 is 0 Å². The molecule has 0 amide bonds. The van der Waals surface area contributed by atoms with Gasteiger partial charge in [0, 0.05) is 55.6 Å². The van der Waals surface area contributed by atoms with Crippen LogP contribution >= 0.6 is 0 Å². The Hall–Kier alpha value is -3.81. The van der Waals surface area contributed by atoms with E-state index in [1.807, 2.05) is 13.0 Å². The first kappa shape index (κ1) is 24.3. The van der Waals surface area contributed by atoms with Gasteiger partial charge in [-0.25, -0.2) is 18.7 Å². The van der Waals surface area contributed by atoms with Crippen molar-refractivity contribution < 1.29 is 13.5 Å². The van der Waals surface area contributed by atoms with E-state index >= 15 is 4.39 Å². The predicted molar refractivity (Wildman–Crippen MR) is 129 cm³/mol. The van der Waals surface area contributed by atoms with Crippen molar-refractivity contribution in [2.45, 2.75) is 26.4 Å². The number of aryl methyl sites for hydroxylation is 2. The van der Waals surface area contributed by atoms with Crippen molar-refractivity contribution in [1.29, 1.82) is 5.26 Å². The number of nitrogens with zero attached hydrogens (tertiary/aromatic N) is 5. The van der Waals surface area contributed by atoms with E-state index in [1.165, 1.54) is 6.33 Å². The fraction of sp³-hybridized carbons (Fsp3) is 0.320. The van der Waals surface area contributed by atoms with E-state index in [9.17, 15) is 9.65 Å². The van der Waals surface area contributed by atoms with Crippen molar-refractivity contribution in [3.8, 4) is 17.7 Å². The summed E-state index contributed by atoms with van der Waals surface area (Å²) in [5.41, 5.74) is 8.34. The number of rotatable bonds is 7. The van der Waals surface area contributed by atoms with Crippen LogP contribution in [-0.4, -0.2) is 45.6 Å². The molecule has 2 aromatic heterocycles. The molecule has 3 N–H and O–H groups in total.